The first kappa shape index (κ1) is 17.9. The molecule has 0 aliphatic carbocycles. The van der Waals surface area contributed by atoms with Crippen molar-refractivity contribution in [2.75, 3.05) is 16.9 Å². The molecule has 1 amide bonds. The van der Waals surface area contributed by atoms with Crippen LogP contribution in [0.5, 0.6) is 0 Å². The standard InChI is InChI=1S/C14H17Cl2N5OS/c1-14(2,3)12-19-20-13(21(12)17)23-7-11(22)18-8-4-5-9(15)10(16)6-8/h4-6H,7,17H2,1-3H3,(H,18,22). The fourth-order valence-electron chi connectivity index (χ4n) is 1.79. The summed E-state index contributed by atoms with van der Waals surface area (Å²) in [6.07, 6.45) is 0. The Hall–Kier alpha value is -1.44. The zero-order chi connectivity index (χ0) is 17.2. The summed E-state index contributed by atoms with van der Waals surface area (Å²) in [5, 5.41) is 12.1. The van der Waals surface area contributed by atoms with Gasteiger partial charge in [0.15, 0.2) is 5.82 Å². The third-order valence-electron chi connectivity index (χ3n) is 2.87. The number of nitrogens with two attached hydrogens (primary N) is 1. The Labute approximate surface area is 148 Å². The summed E-state index contributed by atoms with van der Waals surface area (Å²) in [6, 6.07) is 4.90. The molecule has 0 unspecified atom stereocenters. The Kier molecular flexibility index (Phi) is 5.44. The van der Waals surface area contributed by atoms with Crippen molar-refractivity contribution in [3.05, 3.63) is 34.1 Å². The van der Waals surface area contributed by atoms with Gasteiger partial charge in [0.1, 0.15) is 0 Å². The fraction of sp³-hybridized carbons (Fsp3) is 0.357. The number of anilines is 1. The second-order valence-corrected chi connectivity index (χ2v) is 7.65. The lowest BCUT2D eigenvalue weighted by Gasteiger charge is -2.16. The highest BCUT2D eigenvalue weighted by atomic mass is 35.5. The lowest BCUT2D eigenvalue weighted by molar-refractivity contribution is -0.113. The summed E-state index contributed by atoms with van der Waals surface area (Å²) in [5.74, 6) is 6.58. The molecule has 2 rings (SSSR count). The molecule has 0 atom stereocenters. The van der Waals surface area contributed by atoms with Crippen LogP contribution < -0.4 is 11.2 Å². The minimum absolute atomic E-state index is 0.153. The van der Waals surface area contributed by atoms with Gasteiger partial charge in [0.05, 0.1) is 15.8 Å². The molecule has 2 aromatic rings. The predicted octanol–water partition coefficient (Wildman–Crippen LogP) is 3.33. The molecule has 1 heterocycles. The van der Waals surface area contributed by atoms with Gasteiger partial charge in [0.25, 0.3) is 0 Å². The van der Waals surface area contributed by atoms with E-state index >= 15 is 0 Å². The smallest absolute Gasteiger partial charge is 0.234 e. The van der Waals surface area contributed by atoms with Gasteiger partial charge in [-0.05, 0) is 18.2 Å². The first-order chi connectivity index (χ1) is 10.7. The first-order valence-corrected chi connectivity index (χ1v) is 8.51. The van der Waals surface area contributed by atoms with Gasteiger partial charge in [0, 0.05) is 11.1 Å². The second-order valence-electron chi connectivity index (χ2n) is 5.89. The highest BCUT2D eigenvalue weighted by Crippen LogP contribution is 2.26. The highest BCUT2D eigenvalue weighted by Gasteiger charge is 2.23. The van der Waals surface area contributed by atoms with Crippen LogP contribution in [0.25, 0.3) is 0 Å². The quantitative estimate of drug-likeness (QED) is 0.633. The van der Waals surface area contributed by atoms with Crippen molar-refractivity contribution in [2.45, 2.75) is 31.3 Å². The van der Waals surface area contributed by atoms with Crippen molar-refractivity contribution in [1.82, 2.24) is 14.9 Å². The molecule has 0 bridgehead atoms. The van der Waals surface area contributed by atoms with E-state index in [-0.39, 0.29) is 17.1 Å². The molecule has 0 saturated carbocycles. The normalized spacial score (nSPS) is 11.5. The molecule has 0 radical (unpaired) electrons. The van der Waals surface area contributed by atoms with Crippen LogP contribution in [0.2, 0.25) is 10.0 Å². The third kappa shape index (κ3) is 4.53. The number of nitrogens with one attached hydrogen (secondary N) is 1. The summed E-state index contributed by atoms with van der Waals surface area (Å²) in [6.45, 7) is 5.98. The SMILES string of the molecule is CC(C)(C)c1nnc(SCC(=O)Nc2ccc(Cl)c(Cl)c2)n1N. The van der Waals surface area contributed by atoms with E-state index in [2.05, 4.69) is 15.5 Å². The van der Waals surface area contributed by atoms with Crippen LogP contribution in [-0.4, -0.2) is 26.5 Å². The summed E-state index contributed by atoms with van der Waals surface area (Å²) in [4.78, 5) is 12.0. The Morgan fingerprint density at radius 2 is 2.00 bits per heavy atom. The number of hydrogen-bond acceptors (Lipinski definition) is 5. The average molecular weight is 374 g/mol. The van der Waals surface area contributed by atoms with Gasteiger partial charge in [-0.1, -0.05) is 55.7 Å². The molecule has 0 aliphatic rings. The lowest BCUT2D eigenvalue weighted by atomic mass is 9.96. The van der Waals surface area contributed by atoms with Crippen molar-refractivity contribution in [1.29, 1.82) is 0 Å². The second kappa shape index (κ2) is 6.98. The molecule has 0 fully saturated rings. The van der Waals surface area contributed by atoms with Crippen molar-refractivity contribution in [3.63, 3.8) is 0 Å². The lowest BCUT2D eigenvalue weighted by Crippen LogP contribution is -2.24. The Morgan fingerprint density at radius 1 is 1.30 bits per heavy atom. The number of carbonyl (C=O) groups excluding carboxylic acids is 1. The van der Waals surface area contributed by atoms with Gasteiger partial charge in [-0.2, -0.15) is 0 Å². The van der Waals surface area contributed by atoms with Crippen molar-refractivity contribution in [2.24, 2.45) is 0 Å². The average Bonchev–Trinajstić information content (AvgIpc) is 2.82. The molecule has 1 aromatic heterocycles. The maximum atomic E-state index is 12.0. The van der Waals surface area contributed by atoms with E-state index in [9.17, 15) is 4.79 Å². The van der Waals surface area contributed by atoms with Crippen molar-refractivity contribution in [3.8, 4) is 0 Å². The Morgan fingerprint density at radius 3 is 2.57 bits per heavy atom. The fourth-order valence-corrected chi connectivity index (χ4v) is 2.74. The molecular formula is C14H17Cl2N5OS. The number of carbonyl (C=O) groups is 1. The van der Waals surface area contributed by atoms with Crippen LogP contribution >= 0.6 is 35.0 Å². The summed E-state index contributed by atoms with van der Waals surface area (Å²) in [5.41, 5.74) is 0.359. The predicted molar refractivity (Wildman–Crippen MR) is 94.7 cm³/mol. The largest absolute Gasteiger partial charge is 0.336 e. The van der Waals surface area contributed by atoms with E-state index < -0.39 is 0 Å². The van der Waals surface area contributed by atoms with Gasteiger partial charge in [-0.3, -0.25) is 4.79 Å². The molecule has 23 heavy (non-hydrogen) atoms. The number of halogens is 2. The molecule has 0 aliphatic heterocycles. The highest BCUT2D eigenvalue weighted by molar-refractivity contribution is 7.99. The monoisotopic (exact) mass is 373 g/mol. The number of benzene rings is 1. The van der Waals surface area contributed by atoms with Gasteiger partial charge < -0.3 is 11.2 Å². The molecule has 124 valence electrons. The Balaban J connectivity index is 1.97. The van der Waals surface area contributed by atoms with Crippen LogP contribution in [0.1, 0.15) is 26.6 Å². The van der Waals surface area contributed by atoms with Crippen LogP contribution in [0.4, 0.5) is 5.69 Å². The molecule has 0 saturated heterocycles. The first-order valence-electron chi connectivity index (χ1n) is 6.77. The maximum Gasteiger partial charge on any atom is 0.234 e. The number of rotatable bonds is 4. The minimum Gasteiger partial charge on any atom is -0.336 e. The van der Waals surface area contributed by atoms with Gasteiger partial charge in [0.2, 0.25) is 11.1 Å². The summed E-state index contributed by atoms with van der Waals surface area (Å²) >= 11 is 13.0. The zero-order valence-corrected chi connectivity index (χ0v) is 15.3. The van der Waals surface area contributed by atoms with E-state index in [1.807, 2.05) is 20.8 Å². The number of amides is 1. The van der Waals surface area contributed by atoms with E-state index in [4.69, 9.17) is 29.0 Å². The van der Waals surface area contributed by atoms with E-state index in [0.717, 1.165) is 0 Å². The topological polar surface area (TPSA) is 85.8 Å². The van der Waals surface area contributed by atoms with Crippen molar-refractivity contribution < 1.29 is 4.79 Å². The molecule has 6 nitrogen and oxygen atoms in total. The summed E-state index contributed by atoms with van der Waals surface area (Å²) in [7, 11) is 0. The zero-order valence-electron chi connectivity index (χ0n) is 12.9. The minimum atomic E-state index is -0.219. The number of nitrogen functional groups attached to an aromatic ring is 1. The van der Waals surface area contributed by atoms with Crippen LogP contribution in [0, 0.1) is 0 Å². The molecule has 1 aromatic carbocycles. The van der Waals surface area contributed by atoms with E-state index in [1.165, 1.54) is 16.4 Å². The van der Waals surface area contributed by atoms with Crippen LogP contribution in [0.15, 0.2) is 23.4 Å². The van der Waals surface area contributed by atoms with E-state index in [1.54, 1.807) is 18.2 Å². The van der Waals surface area contributed by atoms with Gasteiger partial charge >= 0.3 is 0 Å². The molecule has 0 spiro atoms. The number of thioether (sulfide) groups is 1. The molecule has 3 N–H and O–H groups in total. The number of hydrogen-bond donors (Lipinski definition) is 2. The van der Waals surface area contributed by atoms with Crippen LogP contribution in [-0.2, 0) is 10.2 Å². The van der Waals surface area contributed by atoms with Gasteiger partial charge in [-0.15, -0.1) is 10.2 Å². The van der Waals surface area contributed by atoms with Crippen molar-refractivity contribution >= 4 is 46.6 Å². The third-order valence-corrected chi connectivity index (χ3v) is 4.55. The summed E-state index contributed by atoms with van der Waals surface area (Å²) < 4.78 is 1.41. The maximum absolute atomic E-state index is 12.0. The number of nitrogens with zero attached hydrogens (tertiary/aromatic N) is 3. The molecular weight excluding hydrogens is 357 g/mol. The van der Waals surface area contributed by atoms with Crippen LogP contribution in [0.3, 0.4) is 0 Å². The Bertz CT molecular complexity index is 726. The number of aromatic nitrogens is 3. The van der Waals surface area contributed by atoms with Gasteiger partial charge in [-0.25, -0.2) is 4.68 Å². The molecule has 9 heteroatoms. The van der Waals surface area contributed by atoms with E-state index in [0.29, 0.717) is 26.7 Å².